The van der Waals surface area contributed by atoms with Crippen LogP contribution in [0.25, 0.3) is 5.57 Å². The second-order valence-corrected chi connectivity index (χ2v) is 11.9. The van der Waals surface area contributed by atoms with Crippen molar-refractivity contribution < 1.29 is 29.1 Å². The number of carboxylic acid groups (broad SMARTS) is 1. The second kappa shape index (κ2) is 16.2. The lowest BCUT2D eigenvalue weighted by molar-refractivity contribution is -0.144. The standard InChI is InChI=1S/C33H50N4O6/c1-9-18(5)26-24(22-15-13-14-16-23(22)30(39)35-26)17-25(38)34-27(19(6)10-2)31(40)36-28(20(7)11-3)32(41)37-29(33(42)43)21(8)12-4/h13-21,26-29H,9-12H2,1-8H3,(H,34,38)(H,35,39)(H,36,40)(H,37,41)(H,42,43). The summed E-state index contributed by atoms with van der Waals surface area (Å²) in [5.41, 5.74) is 1.84. The van der Waals surface area contributed by atoms with Crippen LogP contribution in [-0.2, 0) is 19.2 Å². The van der Waals surface area contributed by atoms with Gasteiger partial charge in [-0.05, 0) is 40.9 Å². The molecule has 238 valence electrons. The van der Waals surface area contributed by atoms with E-state index in [1.54, 1.807) is 19.1 Å². The number of hydrogen-bond donors (Lipinski definition) is 5. The maximum absolute atomic E-state index is 13.7. The zero-order chi connectivity index (χ0) is 32.4. The highest BCUT2D eigenvalue weighted by molar-refractivity contribution is 6.07. The van der Waals surface area contributed by atoms with Crippen molar-refractivity contribution in [3.05, 3.63) is 41.5 Å². The summed E-state index contributed by atoms with van der Waals surface area (Å²) in [5, 5.41) is 21.0. The third-order valence-electron chi connectivity index (χ3n) is 8.97. The number of rotatable bonds is 15. The van der Waals surface area contributed by atoms with Crippen molar-refractivity contribution in [1.82, 2.24) is 21.3 Å². The van der Waals surface area contributed by atoms with Crippen LogP contribution in [0.3, 0.4) is 0 Å². The first-order chi connectivity index (χ1) is 20.3. The van der Waals surface area contributed by atoms with Crippen LogP contribution in [0.2, 0.25) is 0 Å². The van der Waals surface area contributed by atoms with E-state index in [-0.39, 0.29) is 35.6 Å². The van der Waals surface area contributed by atoms with Crippen LogP contribution in [0.4, 0.5) is 0 Å². The fraction of sp³-hybridized carbons (Fsp3) is 0.606. The fourth-order valence-corrected chi connectivity index (χ4v) is 5.16. The predicted molar refractivity (Wildman–Crippen MR) is 167 cm³/mol. The van der Waals surface area contributed by atoms with Crippen LogP contribution in [0.5, 0.6) is 0 Å². The molecule has 43 heavy (non-hydrogen) atoms. The zero-order valence-corrected chi connectivity index (χ0v) is 26.8. The number of amides is 4. The molecular formula is C33H50N4O6. The number of benzene rings is 1. The number of carbonyl (C=O) groups excluding carboxylic acids is 4. The van der Waals surface area contributed by atoms with E-state index in [1.807, 2.05) is 60.6 Å². The molecule has 1 aromatic rings. The first-order valence-electron chi connectivity index (χ1n) is 15.6. The molecule has 0 spiro atoms. The highest BCUT2D eigenvalue weighted by Gasteiger charge is 2.36. The van der Waals surface area contributed by atoms with Crippen LogP contribution in [0.15, 0.2) is 30.3 Å². The monoisotopic (exact) mass is 598 g/mol. The Bertz CT molecular complexity index is 1200. The Kier molecular flexibility index (Phi) is 13.4. The Morgan fingerprint density at radius 3 is 1.72 bits per heavy atom. The van der Waals surface area contributed by atoms with Crippen molar-refractivity contribution in [3.8, 4) is 0 Å². The van der Waals surface area contributed by atoms with E-state index in [0.29, 0.717) is 36.0 Å². The maximum Gasteiger partial charge on any atom is 0.326 e. The molecule has 0 bridgehead atoms. The molecule has 0 saturated heterocycles. The average Bonchev–Trinajstić information content (AvgIpc) is 3.00. The summed E-state index contributed by atoms with van der Waals surface area (Å²) in [4.78, 5) is 65.1. The largest absolute Gasteiger partial charge is 0.480 e. The molecule has 0 saturated carbocycles. The second-order valence-electron chi connectivity index (χ2n) is 11.9. The third-order valence-corrected chi connectivity index (χ3v) is 8.97. The van der Waals surface area contributed by atoms with Gasteiger partial charge in [-0.1, -0.05) is 99.3 Å². The maximum atomic E-state index is 13.7. The molecule has 0 fully saturated rings. The number of carbonyl (C=O) groups is 5. The van der Waals surface area contributed by atoms with E-state index in [0.717, 1.165) is 6.42 Å². The average molecular weight is 599 g/mol. The SMILES string of the molecule is CCC(C)C(NC(=O)C(NC(=O)C(NC(=O)C=C1c2ccccc2C(=O)NC1C(C)CC)C(C)CC)C(C)CC)C(=O)O. The van der Waals surface area contributed by atoms with E-state index in [2.05, 4.69) is 21.3 Å². The minimum atomic E-state index is -1.13. The first kappa shape index (κ1) is 35.5. The van der Waals surface area contributed by atoms with Gasteiger partial charge in [-0.3, -0.25) is 19.2 Å². The number of fused-ring (bicyclic) bond motifs is 1. The van der Waals surface area contributed by atoms with Gasteiger partial charge >= 0.3 is 5.97 Å². The molecule has 2 rings (SSSR count). The fourth-order valence-electron chi connectivity index (χ4n) is 5.16. The van der Waals surface area contributed by atoms with Crippen molar-refractivity contribution in [2.24, 2.45) is 23.7 Å². The lowest BCUT2D eigenvalue weighted by Gasteiger charge is -2.33. The van der Waals surface area contributed by atoms with Gasteiger partial charge in [0.2, 0.25) is 17.7 Å². The molecule has 0 aromatic heterocycles. The summed E-state index contributed by atoms with van der Waals surface area (Å²) in [7, 11) is 0. The van der Waals surface area contributed by atoms with Crippen molar-refractivity contribution in [3.63, 3.8) is 0 Å². The normalized spacial score (nSPS) is 20.3. The Labute approximate surface area is 255 Å². The lowest BCUT2D eigenvalue weighted by Crippen LogP contribution is -2.59. The van der Waals surface area contributed by atoms with Crippen LogP contribution >= 0.6 is 0 Å². The Morgan fingerprint density at radius 2 is 1.23 bits per heavy atom. The molecule has 1 aliphatic rings. The number of nitrogens with one attached hydrogen (secondary N) is 4. The van der Waals surface area contributed by atoms with Crippen molar-refractivity contribution >= 4 is 35.2 Å². The van der Waals surface area contributed by atoms with Gasteiger partial charge in [-0.25, -0.2) is 4.79 Å². The van der Waals surface area contributed by atoms with Crippen molar-refractivity contribution in [1.29, 1.82) is 0 Å². The molecule has 0 radical (unpaired) electrons. The minimum Gasteiger partial charge on any atom is -0.480 e. The van der Waals surface area contributed by atoms with Crippen molar-refractivity contribution in [2.75, 3.05) is 0 Å². The molecule has 10 heteroatoms. The van der Waals surface area contributed by atoms with Gasteiger partial charge in [0, 0.05) is 11.6 Å². The van der Waals surface area contributed by atoms with Gasteiger partial charge in [-0.15, -0.1) is 0 Å². The molecule has 1 aliphatic heterocycles. The number of carboxylic acids is 1. The first-order valence-corrected chi connectivity index (χ1v) is 15.6. The van der Waals surface area contributed by atoms with E-state index in [9.17, 15) is 29.1 Å². The van der Waals surface area contributed by atoms with E-state index in [4.69, 9.17) is 0 Å². The van der Waals surface area contributed by atoms with Gasteiger partial charge in [0.15, 0.2) is 0 Å². The summed E-state index contributed by atoms with van der Waals surface area (Å²) in [6, 6.07) is 3.73. The summed E-state index contributed by atoms with van der Waals surface area (Å²) in [6.45, 7) is 15.1. The predicted octanol–water partition coefficient (Wildman–Crippen LogP) is 3.91. The molecule has 4 amide bonds. The van der Waals surface area contributed by atoms with Gasteiger partial charge in [0.1, 0.15) is 18.1 Å². The molecule has 8 atom stereocenters. The van der Waals surface area contributed by atoms with Crippen LogP contribution < -0.4 is 21.3 Å². The number of hydrogen-bond acceptors (Lipinski definition) is 5. The molecular weight excluding hydrogens is 548 g/mol. The minimum absolute atomic E-state index is 0.0601. The van der Waals surface area contributed by atoms with Crippen LogP contribution in [0, 0.1) is 23.7 Å². The highest BCUT2D eigenvalue weighted by atomic mass is 16.4. The highest BCUT2D eigenvalue weighted by Crippen LogP contribution is 2.31. The van der Waals surface area contributed by atoms with Gasteiger partial charge in [-0.2, -0.15) is 0 Å². The van der Waals surface area contributed by atoms with Crippen LogP contribution in [-0.4, -0.2) is 58.9 Å². The Morgan fingerprint density at radius 1 is 0.767 bits per heavy atom. The third kappa shape index (κ3) is 8.91. The van der Waals surface area contributed by atoms with E-state index < -0.39 is 41.8 Å². The lowest BCUT2D eigenvalue weighted by atomic mass is 9.82. The van der Waals surface area contributed by atoms with Gasteiger partial charge in [0.25, 0.3) is 5.91 Å². The van der Waals surface area contributed by atoms with Gasteiger partial charge in [0.05, 0.1) is 6.04 Å². The van der Waals surface area contributed by atoms with Crippen LogP contribution in [0.1, 0.15) is 97.0 Å². The summed E-state index contributed by atoms with van der Waals surface area (Å²) >= 11 is 0. The topological polar surface area (TPSA) is 154 Å². The molecule has 8 unspecified atom stereocenters. The molecule has 1 aromatic carbocycles. The summed E-state index contributed by atoms with van der Waals surface area (Å²) < 4.78 is 0. The van der Waals surface area contributed by atoms with E-state index in [1.165, 1.54) is 6.08 Å². The van der Waals surface area contributed by atoms with E-state index >= 15 is 0 Å². The van der Waals surface area contributed by atoms with Crippen molar-refractivity contribution in [2.45, 2.75) is 105 Å². The molecule has 5 N–H and O–H groups in total. The summed E-state index contributed by atoms with van der Waals surface area (Å²) in [6.07, 6.45) is 3.94. The Balaban J connectivity index is 2.37. The molecule has 0 aliphatic carbocycles. The summed E-state index contributed by atoms with van der Waals surface area (Å²) in [5.74, 6) is -3.70. The molecule has 1 heterocycles. The molecule has 10 nitrogen and oxygen atoms in total. The quantitative estimate of drug-likeness (QED) is 0.193. The smallest absolute Gasteiger partial charge is 0.326 e. The zero-order valence-electron chi connectivity index (χ0n) is 26.8. The number of aliphatic carboxylic acids is 1. The Hall–Kier alpha value is -3.69. The van der Waals surface area contributed by atoms with Gasteiger partial charge < -0.3 is 26.4 Å².